The molecule has 0 N–H and O–H groups in total. The summed E-state index contributed by atoms with van der Waals surface area (Å²) in [6.07, 6.45) is 27.7. The van der Waals surface area contributed by atoms with E-state index in [2.05, 4.69) is 19.1 Å². The van der Waals surface area contributed by atoms with Crippen molar-refractivity contribution in [2.45, 2.75) is 96.8 Å². The highest BCUT2D eigenvalue weighted by Crippen LogP contribution is 2.10. The van der Waals surface area contributed by atoms with Gasteiger partial charge in [-0.3, -0.25) is 4.79 Å². The van der Waals surface area contributed by atoms with Crippen molar-refractivity contribution in [1.82, 2.24) is 0 Å². The van der Waals surface area contributed by atoms with Crippen molar-refractivity contribution in [3.63, 3.8) is 0 Å². The van der Waals surface area contributed by atoms with Gasteiger partial charge in [0.15, 0.2) is 0 Å². The van der Waals surface area contributed by atoms with Crippen LogP contribution < -0.4 is 0 Å². The molecule has 0 unspecified atom stereocenters. The van der Waals surface area contributed by atoms with Crippen molar-refractivity contribution >= 4 is 6.29 Å². The zero-order valence-corrected chi connectivity index (χ0v) is 14.2. The third kappa shape index (κ3) is 19.1. The van der Waals surface area contributed by atoms with Crippen LogP contribution in [0.1, 0.15) is 96.8 Å². The van der Waals surface area contributed by atoms with Gasteiger partial charge in [0.1, 0.15) is 6.29 Å². The smallest absolute Gasteiger partial charge is 0.142 e. The van der Waals surface area contributed by atoms with Gasteiger partial charge in [-0.15, -0.1) is 0 Å². The Morgan fingerprint density at radius 2 is 1.00 bits per heavy atom. The van der Waals surface area contributed by atoms with Gasteiger partial charge in [-0.25, -0.2) is 0 Å². The molecule has 0 rings (SSSR count). The number of hydrogen-bond acceptors (Lipinski definition) is 1. The molecule has 0 aliphatic rings. The van der Waals surface area contributed by atoms with Crippen LogP contribution in [-0.4, -0.2) is 6.29 Å². The van der Waals surface area contributed by atoms with Crippen molar-refractivity contribution in [1.29, 1.82) is 0 Å². The zero-order chi connectivity index (χ0) is 15.4. The van der Waals surface area contributed by atoms with Gasteiger partial charge < -0.3 is 0 Å². The fourth-order valence-electron chi connectivity index (χ4n) is 2.48. The largest absolute Gasteiger partial charge is 0.299 e. The van der Waals surface area contributed by atoms with Crippen LogP contribution >= 0.6 is 0 Å². The average Bonchev–Trinajstić information content (AvgIpc) is 2.50. The first-order valence-corrected chi connectivity index (χ1v) is 9.17. The summed E-state index contributed by atoms with van der Waals surface area (Å²) in [5.74, 6) is 0. The third-order valence-corrected chi connectivity index (χ3v) is 3.85. The average molecular weight is 293 g/mol. The van der Waals surface area contributed by atoms with E-state index >= 15 is 0 Å². The summed E-state index contributed by atoms with van der Waals surface area (Å²) >= 11 is 0. The fourth-order valence-corrected chi connectivity index (χ4v) is 2.48. The Kier molecular flexibility index (Phi) is 18.4. The molecule has 0 aromatic carbocycles. The minimum absolute atomic E-state index is 0.861. The molecule has 0 saturated carbocycles. The van der Waals surface area contributed by atoms with Crippen molar-refractivity contribution in [3.05, 3.63) is 24.3 Å². The predicted molar refractivity (Wildman–Crippen MR) is 94.7 cm³/mol. The van der Waals surface area contributed by atoms with Gasteiger partial charge in [-0.2, -0.15) is 0 Å². The van der Waals surface area contributed by atoms with Gasteiger partial charge in [-0.05, 0) is 44.6 Å². The van der Waals surface area contributed by atoms with Crippen molar-refractivity contribution < 1.29 is 4.79 Å². The van der Waals surface area contributed by atoms with Crippen LogP contribution in [-0.2, 0) is 4.79 Å². The van der Waals surface area contributed by atoms with E-state index in [1.165, 1.54) is 83.5 Å². The summed E-state index contributed by atoms with van der Waals surface area (Å²) in [4.78, 5) is 10.1. The lowest BCUT2D eigenvalue weighted by Gasteiger charge is -2.00. The Balaban J connectivity index is 3.06. The molecule has 0 aromatic heterocycles. The Morgan fingerprint density at radius 1 is 0.571 bits per heavy atom. The Bertz CT molecular complexity index is 253. The number of unbranched alkanes of at least 4 members (excludes halogenated alkanes) is 12. The Morgan fingerprint density at radius 3 is 1.48 bits per heavy atom. The normalized spacial score (nSPS) is 11.7. The van der Waals surface area contributed by atoms with Gasteiger partial charge in [0.2, 0.25) is 0 Å². The molecule has 0 spiro atoms. The van der Waals surface area contributed by atoms with E-state index < -0.39 is 0 Å². The molecule has 0 amide bonds. The van der Waals surface area contributed by atoms with Crippen LogP contribution in [0.3, 0.4) is 0 Å². The van der Waals surface area contributed by atoms with E-state index in [0.717, 1.165) is 12.7 Å². The van der Waals surface area contributed by atoms with Crippen molar-refractivity contribution in [3.8, 4) is 0 Å². The van der Waals surface area contributed by atoms with Crippen LogP contribution in [0.2, 0.25) is 0 Å². The van der Waals surface area contributed by atoms with Gasteiger partial charge >= 0.3 is 0 Å². The molecule has 0 aliphatic heterocycles. The molecule has 0 saturated heterocycles. The van der Waals surface area contributed by atoms with Gasteiger partial charge in [0.25, 0.3) is 0 Å². The third-order valence-electron chi connectivity index (χ3n) is 3.85. The molecular formula is C20H36O. The number of hydrogen-bond donors (Lipinski definition) is 0. The number of aldehydes is 1. The molecule has 122 valence electrons. The highest BCUT2D eigenvalue weighted by molar-refractivity contribution is 5.64. The van der Waals surface area contributed by atoms with Crippen LogP contribution in [0.5, 0.6) is 0 Å². The molecule has 0 atom stereocenters. The molecular weight excluding hydrogens is 256 g/mol. The molecule has 0 radical (unpaired) electrons. The van der Waals surface area contributed by atoms with Gasteiger partial charge in [0, 0.05) is 0 Å². The maximum Gasteiger partial charge on any atom is 0.142 e. The number of rotatable bonds is 16. The first kappa shape index (κ1) is 20.1. The second-order valence-electron chi connectivity index (χ2n) is 5.94. The summed E-state index contributed by atoms with van der Waals surface area (Å²) < 4.78 is 0. The maximum absolute atomic E-state index is 10.1. The van der Waals surface area contributed by atoms with Crippen molar-refractivity contribution in [2.75, 3.05) is 0 Å². The highest BCUT2D eigenvalue weighted by atomic mass is 16.1. The highest BCUT2D eigenvalue weighted by Gasteiger charge is 1.91. The lowest BCUT2D eigenvalue weighted by atomic mass is 10.1. The van der Waals surface area contributed by atoms with Crippen molar-refractivity contribution in [2.24, 2.45) is 0 Å². The van der Waals surface area contributed by atoms with E-state index in [9.17, 15) is 4.79 Å². The van der Waals surface area contributed by atoms with E-state index in [1.54, 1.807) is 6.08 Å². The standard InChI is InChI=1S/C20H36O/c1-2-3-4-5-6-7-8-9-10-11-12-13-14-15-16-17-18-19-20-21/h7-8,18-20H,2-6,9-17H2,1H3/b8-7-,19-18+. The van der Waals surface area contributed by atoms with Crippen LogP contribution in [0.25, 0.3) is 0 Å². The monoisotopic (exact) mass is 292 g/mol. The number of carbonyl (C=O) groups excluding carboxylic acids is 1. The quantitative estimate of drug-likeness (QED) is 0.133. The van der Waals surface area contributed by atoms with Gasteiger partial charge in [0.05, 0.1) is 0 Å². The predicted octanol–water partition coefficient (Wildman–Crippen LogP) is 6.78. The first-order chi connectivity index (χ1) is 10.4. The summed E-state index contributed by atoms with van der Waals surface area (Å²) in [5, 5.41) is 0. The molecule has 0 aliphatic carbocycles. The number of allylic oxidation sites excluding steroid dienone is 4. The van der Waals surface area contributed by atoms with Crippen LogP contribution in [0, 0.1) is 0 Å². The topological polar surface area (TPSA) is 17.1 Å². The summed E-state index contributed by atoms with van der Waals surface area (Å²) in [7, 11) is 0. The minimum Gasteiger partial charge on any atom is -0.299 e. The minimum atomic E-state index is 0.861. The Labute approximate surface area is 132 Å². The molecule has 0 fully saturated rings. The van der Waals surface area contributed by atoms with Crippen LogP contribution in [0.4, 0.5) is 0 Å². The summed E-state index contributed by atoms with van der Waals surface area (Å²) in [5.41, 5.74) is 0. The Hall–Kier alpha value is -0.850. The van der Waals surface area contributed by atoms with E-state index in [0.29, 0.717) is 0 Å². The van der Waals surface area contributed by atoms with Crippen LogP contribution in [0.15, 0.2) is 24.3 Å². The summed E-state index contributed by atoms with van der Waals surface area (Å²) in [6, 6.07) is 0. The summed E-state index contributed by atoms with van der Waals surface area (Å²) in [6.45, 7) is 2.26. The van der Waals surface area contributed by atoms with E-state index in [-0.39, 0.29) is 0 Å². The first-order valence-electron chi connectivity index (χ1n) is 9.17. The second kappa shape index (κ2) is 19.1. The molecule has 1 heteroatoms. The second-order valence-corrected chi connectivity index (χ2v) is 5.94. The van der Waals surface area contributed by atoms with E-state index in [4.69, 9.17) is 0 Å². The molecule has 1 nitrogen and oxygen atoms in total. The lowest BCUT2D eigenvalue weighted by Crippen LogP contribution is -1.80. The molecule has 0 bridgehead atoms. The molecule has 0 aromatic rings. The number of carbonyl (C=O) groups is 1. The SMILES string of the molecule is CCCCCC/C=C\CCCCCCCCC/C=C/C=O. The lowest BCUT2D eigenvalue weighted by molar-refractivity contribution is -0.104. The zero-order valence-electron chi connectivity index (χ0n) is 14.2. The fraction of sp³-hybridized carbons (Fsp3) is 0.750. The van der Waals surface area contributed by atoms with Gasteiger partial charge in [-0.1, -0.05) is 76.5 Å². The van der Waals surface area contributed by atoms with E-state index in [1.807, 2.05) is 6.08 Å². The molecule has 21 heavy (non-hydrogen) atoms. The maximum atomic E-state index is 10.1. The molecule has 0 heterocycles.